The summed E-state index contributed by atoms with van der Waals surface area (Å²) < 4.78 is 71.9. The highest BCUT2D eigenvalue weighted by Gasteiger charge is 2.65. The fourth-order valence-electron chi connectivity index (χ4n) is 5.10. The Hall–Kier alpha value is -3.51. The number of hydrogen-bond donors (Lipinski definition) is 2. The van der Waals surface area contributed by atoms with Crippen LogP contribution in [0, 0.1) is 5.92 Å². The minimum absolute atomic E-state index is 0.133. The molecule has 2 aliphatic rings. The fourth-order valence-corrected chi connectivity index (χ4v) is 5.75. The second kappa shape index (κ2) is 6.18. The van der Waals surface area contributed by atoms with Gasteiger partial charge >= 0.3 is 16.2 Å². The van der Waals surface area contributed by atoms with Gasteiger partial charge in [-0.15, -0.1) is 0 Å². The highest BCUT2D eigenvalue weighted by Crippen LogP contribution is 3.02. The molecule has 4 heterocycles. The lowest BCUT2D eigenvalue weighted by Gasteiger charge is -2.42. The number of anilines is 1. The van der Waals surface area contributed by atoms with Crippen molar-refractivity contribution < 1.29 is 34.1 Å². The van der Waals surface area contributed by atoms with E-state index < -0.39 is 45.3 Å². The number of ether oxygens (including phenoxy) is 1. The number of hydrogen-bond acceptors (Lipinski definition) is 6. The number of fused-ring (bicyclic) bond motifs is 7. The Morgan fingerprint density at radius 1 is 0.943 bits per heavy atom. The smallest absolute Gasteiger partial charge is 0.315 e. The minimum Gasteiger partial charge on any atom is -0.460 e. The third-order valence-electron chi connectivity index (χ3n) is 6.54. The highest BCUT2D eigenvalue weighted by atomic mass is 32.5. The maximum atomic E-state index is 13.3. The number of benzene rings is 2. The van der Waals surface area contributed by atoms with Crippen molar-refractivity contribution in [3.05, 3.63) is 72.1 Å². The number of halogens is 5. The Morgan fingerprint density at radius 2 is 1.54 bits per heavy atom. The molecule has 0 unspecified atom stereocenters. The lowest BCUT2D eigenvalue weighted by atomic mass is 9.71. The van der Waals surface area contributed by atoms with E-state index in [1.165, 1.54) is 0 Å². The summed E-state index contributed by atoms with van der Waals surface area (Å²) in [6.07, 6.45) is 3.12. The zero-order valence-electron chi connectivity index (χ0n) is 17.6. The second-order valence-corrected chi connectivity index (χ2v) is 11.1. The van der Waals surface area contributed by atoms with Gasteiger partial charge in [-0.2, -0.15) is 0 Å². The van der Waals surface area contributed by atoms with E-state index in [1.54, 1.807) is 36.7 Å². The average Bonchev–Trinajstić information content (AvgIpc) is 3.11. The second-order valence-electron chi connectivity index (χ2n) is 8.74. The van der Waals surface area contributed by atoms with Gasteiger partial charge in [-0.3, -0.25) is 14.8 Å². The first-order valence-electron chi connectivity index (χ1n) is 10.4. The van der Waals surface area contributed by atoms with Gasteiger partial charge < -0.3 is 15.2 Å². The molecule has 2 N–H and O–H groups in total. The van der Waals surface area contributed by atoms with Gasteiger partial charge in [-0.1, -0.05) is 37.6 Å². The third-order valence-corrected chi connectivity index (χ3v) is 7.70. The molecule has 1 fully saturated rings. The van der Waals surface area contributed by atoms with E-state index in [9.17, 15) is 29.3 Å². The fraction of sp³-hybridized carbons (Fsp3) is 0.174. The standard InChI is InChI=1S/C23H16F5N3O3S/c24-35(25,26,27,28)13-7-5-12(6-8-13)16-17-14-3-1-9-29-20(14)21-15(4-2-10-30-21)19(17)31-23(33)11-34-22(32)18(16)23/h1-10,16,18,31,33H,11H2/t16-,18+,23-/m1/s1. The van der Waals surface area contributed by atoms with Gasteiger partial charge in [0.1, 0.15) is 17.4 Å². The van der Waals surface area contributed by atoms with Crippen molar-refractivity contribution in [2.45, 2.75) is 16.5 Å². The summed E-state index contributed by atoms with van der Waals surface area (Å²) >= 11 is 0. The molecule has 182 valence electrons. The van der Waals surface area contributed by atoms with Crippen molar-refractivity contribution in [2.24, 2.45) is 5.92 Å². The van der Waals surface area contributed by atoms with Gasteiger partial charge in [-0.05, 0) is 41.5 Å². The summed E-state index contributed by atoms with van der Waals surface area (Å²) in [5.41, 5.74) is 0.126. The quantitative estimate of drug-likeness (QED) is 0.200. The van der Waals surface area contributed by atoms with Crippen LogP contribution in [0.5, 0.6) is 0 Å². The molecule has 6 nitrogen and oxygen atoms in total. The molecule has 0 saturated carbocycles. The molecule has 0 amide bonds. The number of esters is 1. The molecule has 2 aromatic carbocycles. The largest absolute Gasteiger partial charge is 0.460 e. The van der Waals surface area contributed by atoms with Crippen molar-refractivity contribution >= 4 is 43.7 Å². The first kappa shape index (κ1) is 22.0. The van der Waals surface area contributed by atoms with E-state index in [4.69, 9.17) is 4.74 Å². The molecule has 0 bridgehead atoms. The van der Waals surface area contributed by atoms with Gasteiger partial charge in [0, 0.05) is 29.1 Å². The predicted octanol–water partition coefficient (Wildman–Crippen LogP) is 5.86. The van der Waals surface area contributed by atoms with E-state index in [0.717, 1.165) is 12.1 Å². The van der Waals surface area contributed by atoms with Crippen molar-refractivity contribution in [1.29, 1.82) is 0 Å². The topological polar surface area (TPSA) is 84.3 Å². The number of carbonyl (C=O) groups excluding carboxylic acids is 1. The van der Waals surface area contributed by atoms with E-state index in [-0.39, 0.29) is 5.56 Å². The maximum Gasteiger partial charge on any atom is 0.315 e. The van der Waals surface area contributed by atoms with Crippen molar-refractivity contribution in [1.82, 2.24) is 9.97 Å². The molecular weight excluding hydrogens is 493 g/mol. The van der Waals surface area contributed by atoms with Crippen molar-refractivity contribution in [3.63, 3.8) is 0 Å². The van der Waals surface area contributed by atoms with Crippen molar-refractivity contribution in [3.8, 4) is 0 Å². The Balaban J connectivity index is 1.68. The van der Waals surface area contributed by atoms with E-state index >= 15 is 0 Å². The molecule has 2 aliphatic heterocycles. The molecular formula is C23H16F5N3O3S. The average molecular weight is 509 g/mol. The van der Waals surface area contributed by atoms with E-state index in [0.29, 0.717) is 45.2 Å². The zero-order chi connectivity index (χ0) is 24.9. The Morgan fingerprint density at radius 3 is 2.17 bits per heavy atom. The van der Waals surface area contributed by atoms with Crippen LogP contribution in [0.15, 0.2) is 65.8 Å². The number of carbonyl (C=O) groups is 1. The molecule has 0 radical (unpaired) electrons. The van der Waals surface area contributed by atoms with Gasteiger partial charge in [0.05, 0.1) is 16.7 Å². The number of rotatable bonds is 2. The Bertz CT molecular complexity index is 1560. The van der Waals surface area contributed by atoms with Crippen LogP contribution in [0.25, 0.3) is 21.8 Å². The number of nitrogens with one attached hydrogen (secondary N) is 1. The van der Waals surface area contributed by atoms with Crippen molar-refractivity contribution in [2.75, 3.05) is 11.9 Å². The molecule has 3 atom stereocenters. The number of aromatic nitrogens is 2. The molecule has 4 aromatic rings. The summed E-state index contributed by atoms with van der Waals surface area (Å²) in [6.45, 7) is -0.400. The van der Waals surface area contributed by atoms with E-state index in [2.05, 4.69) is 15.3 Å². The monoisotopic (exact) mass is 509 g/mol. The lowest BCUT2D eigenvalue weighted by Crippen LogP contribution is -2.51. The number of nitrogens with zero attached hydrogens (tertiary/aromatic N) is 2. The normalized spacial score (nSPS) is 25.8. The van der Waals surface area contributed by atoms with Gasteiger partial charge in [0.15, 0.2) is 5.72 Å². The number of pyridine rings is 2. The third kappa shape index (κ3) is 3.23. The molecule has 1 saturated heterocycles. The van der Waals surface area contributed by atoms with Crippen LogP contribution in [-0.2, 0) is 9.53 Å². The van der Waals surface area contributed by atoms with Crippen LogP contribution < -0.4 is 5.32 Å². The number of aliphatic hydroxyl groups is 1. The first-order chi connectivity index (χ1) is 16.3. The predicted molar refractivity (Wildman–Crippen MR) is 120 cm³/mol. The molecule has 6 rings (SSSR count). The van der Waals surface area contributed by atoms with Crippen LogP contribution in [0.4, 0.5) is 25.1 Å². The first-order valence-corrected chi connectivity index (χ1v) is 12.4. The summed E-state index contributed by atoms with van der Waals surface area (Å²) in [4.78, 5) is 19.6. The Kier molecular flexibility index (Phi) is 3.88. The highest BCUT2D eigenvalue weighted by molar-refractivity contribution is 8.45. The summed E-state index contributed by atoms with van der Waals surface area (Å²) in [5, 5.41) is 15.5. The van der Waals surface area contributed by atoms with Crippen LogP contribution in [0.2, 0.25) is 0 Å². The lowest BCUT2D eigenvalue weighted by molar-refractivity contribution is -0.141. The molecule has 35 heavy (non-hydrogen) atoms. The van der Waals surface area contributed by atoms with E-state index in [1.807, 2.05) is 0 Å². The Labute approximate surface area is 194 Å². The maximum absolute atomic E-state index is 13.3. The molecule has 12 heteroatoms. The van der Waals surface area contributed by atoms with Gasteiger partial charge in [0.2, 0.25) is 0 Å². The minimum atomic E-state index is -9.90. The van der Waals surface area contributed by atoms with Crippen LogP contribution >= 0.6 is 10.2 Å². The number of cyclic esters (lactones) is 1. The van der Waals surface area contributed by atoms with Gasteiger partial charge in [-0.25, -0.2) is 0 Å². The van der Waals surface area contributed by atoms with Gasteiger partial charge in [0.25, 0.3) is 0 Å². The zero-order valence-corrected chi connectivity index (χ0v) is 18.4. The summed E-state index contributed by atoms with van der Waals surface area (Å²) in [5.74, 6) is -3.04. The SMILES string of the molecule is O=C1OC[C@]2(O)Nc3c(c4cccnc4c4ncccc34)[C@@H](c3ccc(S(F)(F)(F)(F)F)cc3)[C@@H]12. The van der Waals surface area contributed by atoms with Crippen LogP contribution in [-0.4, -0.2) is 33.4 Å². The van der Waals surface area contributed by atoms with Crippen LogP contribution in [0.3, 0.4) is 0 Å². The molecule has 0 aliphatic carbocycles. The summed E-state index contributed by atoms with van der Waals surface area (Å²) in [7, 11) is -9.90. The molecule has 2 aromatic heterocycles. The summed E-state index contributed by atoms with van der Waals surface area (Å²) in [6, 6.07) is 9.21. The molecule has 0 spiro atoms. The van der Waals surface area contributed by atoms with Crippen LogP contribution in [0.1, 0.15) is 17.0 Å².